The molecule has 0 radical (unpaired) electrons. The van der Waals surface area contributed by atoms with Crippen LogP contribution in [0.25, 0.3) is 0 Å². The minimum Gasteiger partial charge on any atom is -0.394 e. The Hall–Kier alpha value is -1.13. The maximum atomic E-state index is 11.9. The fourth-order valence-electron chi connectivity index (χ4n) is 2.69. The molecule has 0 aromatic carbocycles. The van der Waals surface area contributed by atoms with Crippen LogP contribution >= 0.6 is 0 Å². The van der Waals surface area contributed by atoms with Crippen LogP contribution in [0.4, 0.5) is 4.79 Å². The predicted molar refractivity (Wildman–Crippen MR) is 79.2 cm³/mol. The van der Waals surface area contributed by atoms with Crippen molar-refractivity contribution in [2.45, 2.75) is 61.3 Å². The molecule has 13 nitrogen and oxygen atoms in total. The third-order valence-electron chi connectivity index (χ3n) is 4.32. The monoisotopic (exact) mass is 384 g/mol. The van der Waals surface area contributed by atoms with Crippen LogP contribution in [0.15, 0.2) is 0 Å². The van der Waals surface area contributed by atoms with Crippen molar-refractivity contribution < 1.29 is 55.1 Å². The zero-order valence-corrected chi connectivity index (χ0v) is 13.5. The molecule has 0 aromatic heterocycles. The number of hydrogen-bond donors (Lipinski definition) is 10. The highest BCUT2D eigenvalue weighted by Gasteiger charge is 2.45. The van der Waals surface area contributed by atoms with E-state index in [2.05, 4.69) is 10.6 Å². The highest BCUT2D eigenvalue weighted by molar-refractivity contribution is 5.74. The lowest BCUT2D eigenvalue weighted by atomic mass is 9.98. The van der Waals surface area contributed by atoms with Crippen molar-refractivity contribution in [3.05, 3.63) is 0 Å². The molecule has 13 heteroatoms. The van der Waals surface area contributed by atoms with Gasteiger partial charge >= 0.3 is 6.03 Å². The van der Waals surface area contributed by atoms with Gasteiger partial charge in [0.1, 0.15) is 48.8 Å². The van der Waals surface area contributed by atoms with Gasteiger partial charge in [-0.15, -0.1) is 0 Å². The highest BCUT2D eigenvalue weighted by atomic mass is 16.6. The van der Waals surface area contributed by atoms with Crippen LogP contribution in [0.2, 0.25) is 0 Å². The number of carbonyl (C=O) groups is 1. The number of hydrogen-bond acceptors (Lipinski definition) is 11. The van der Waals surface area contributed by atoms with E-state index >= 15 is 0 Å². The summed E-state index contributed by atoms with van der Waals surface area (Å²) in [6.07, 6.45) is -15.5. The third-order valence-corrected chi connectivity index (χ3v) is 4.32. The molecule has 0 aliphatic carbocycles. The first-order valence-electron chi connectivity index (χ1n) is 7.90. The molecule has 0 bridgehead atoms. The summed E-state index contributed by atoms with van der Waals surface area (Å²) in [7, 11) is 0. The van der Waals surface area contributed by atoms with Gasteiger partial charge in [0.25, 0.3) is 0 Å². The van der Waals surface area contributed by atoms with Gasteiger partial charge in [0.05, 0.1) is 6.61 Å². The average molecular weight is 384 g/mol. The zero-order valence-electron chi connectivity index (χ0n) is 13.5. The topological polar surface area (TPSA) is 221 Å². The van der Waals surface area contributed by atoms with Crippen LogP contribution in [0.3, 0.4) is 0 Å². The Morgan fingerprint density at radius 3 is 1.96 bits per heavy atom. The molecular weight excluding hydrogens is 360 g/mol. The van der Waals surface area contributed by atoms with Crippen molar-refractivity contribution in [1.29, 1.82) is 0 Å². The van der Waals surface area contributed by atoms with E-state index in [0.29, 0.717) is 0 Å². The lowest BCUT2D eigenvalue weighted by Crippen LogP contribution is -2.64. The van der Waals surface area contributed by atoms with E-state index in [1.54, 1.807) is 0 Å². The molecule has 2 fully saturated rings. The number of rotatable bonds is 4. The molecular formula is C13H24N2O11. The Labute approximate surface area is 147 Å². The Bertz CT molecular complexity index is 481. The van der Waals surface area contributed by atoms with E-state index in [0.717, 1.165) is 0 Å². The quantitative estimate of drug-likeness (QED) is 0.220. The number of carbonyl (C=O) groups excluding carboxylic acids is 1. The summed E-state index contributed by atoms with van der Waals surface area (Å²) in [4.78, 5) is 11.9. The molecule has 1 unspecified atom stereocenters. The van der Waals surface area contributed by atoms with Gasteiger partial charge in [0.2, 0.25) is 0 Å². The summed E-state index contributed by atoms with van der Waals surface area (Å²) in [6, 6.07) is -0.930. The molecule has 2 aliphatic rings. The van der Waals surface area contributed by atoms with Crippen molar-refractivity contribution >= 4 is 6.03 Å². The van der Waals surface area contributed by atoms with Gasteiger partial charge in [0, 0.05) is 6.54 Å². The van der Waals surface area contributed by atoms with Gasteiger partial charge in [-0.1, -0.05) is 0 Å². The van der Waals surface area contributed by atoms with Gasteiger partial charge in [-0.3, -0.25) is 0 Å². The molecule has 26 heavy (non-hydrogen) atoms. The van der Waals surface area contributed by atoms with Gasteiger partial charge in [-0.25, -0.2) is 4.79 Å². The van der Waals surface area contributed by atoms with E-state index in [1.807, 2.05) is 0 Å². The summed E-state index contributed by atoms with van der Waals surface area (Å²) in [5.41, 5.74) is 0. The Morgan fingerprint density at radius 2 is 1.35 bits per heavy atom. The molecule has 2 rings (SSSR count). The van der Waals surface area contributed by atoms with Crippen LogP contribution < -0.4 is 10.6 Å². The number of nitrogens with one attached hydrogen (secondary N) is 2. The Morgan fingerprint density at radius 1 is 0.769 bits per heavy atom. The number of amides is 2. The van der Waals surface area contributed by atoms with Crippen molar-refractivity contribution in [3.8, 4) is 0 Å². The van der Waals surface area contributed by atoms with E-state index in [9.17, 15) is 40.5 Å². The van der Waals surface area contributed by atoms with Crippen molar-refractivity contribution in [3.63, 3.8) is 0 Å². The Kier molecular flexibility index (Phi) is 7.09. The molecule has 10 N–H and O–H groups in total. The van der Waals surface area contributed by atoms with Crippen molar-refractivity contribution in [2.75, 3.05) is 13.2 Å². The van der Waals surface area contributed by atoms with E-state index in [1.165, 1.54) is 0 Å². The standard InChI is InChI=1S/C13H24N2O11/c16-2-4-6(18)7(19)9(21)11(25-4)15-13(24)14-1-3-5(17)8(20)10(22)12(23)26-3/h3-12,16-23H,1-2H2,(H2,14,15,24)/t3-,4-,5-,6-,7+,8+,9-,10-,11-,12?/m1/s1. The van der Waals surface area contributed by atoms with E-state index in [-0.39, 0.29) is 6.54 Å². The highest BCUT2D eigenvalue weighted by Crippen LogP contribution is 2.20. The second kappa shape index (κ2) is 8.71. The molecule has 2 heterocycles. The summed E-state index contributed by atoms with van der Waals surface area (Å²) < 4.78 is 9.96. The molecule has 2 aliphatic heterocycles. The summed E-state index contributed by atoms with van der Waals surface area (Å²) >= 11 is 0. The molecule has 152 valence electrons. The normalized spacial score (nSPS) is 46.6. The summed E-state index contributed by atoms with van der Waals surface area (Å²) in [5.74, 6) is 0. The maximum absolute atomic E-state index is 11.9. The first kappa shape index (κ1) is 21.2. The largest absolute Gasteiger partial charge is 0.394 e. The second-order valence-corrected chi connectivity index (χ2v) is 6.14. The van der Waals surface area contributed by atoms with Gasteiger partial charge in [-0.05, 0) is 0 Å². The lowest BCUT2D eigenvalue weighted by Gasteiger charge is -2.40. The smallest absolute Gasteiger partial charge is 0.316 e. The second-order valence-electron chi connectivity index (χ2n) is 6.14. The van der Waals surface area contributed by atoms with Crippen molar-refractivity contribution in [2.24, 2.45) is 0 Å². The summed E-state index contributed by atoms with van der Waals surface area (Å²) in [5, 5.41) is 80.6. The molecule has 0 saturated carbocycles. The van der Waals surface area contributed by atoms with Crippen LogP contribution in [-0.4, -0.2) is 121 Å². The number of aliphatic hydroxyl groups is 8. The fourth-order valence-corrected chi connectivity index (χ4v) is 2.69. The molecule has 2 amide bonds. The number of urea groups is 1. The van der Waals surface area contributed by atoms with Crippen molar-refractivity contribution in [1.82, 2.24) is 10.6 Å². The van der Waals surface area contributed by atoms with Crippen LogP contribution in [0.1, 0.15) is 0 Å². The van der Waals surface area contributed by atoms with Gasteiger partial charge in [-0.2, -0.15) is 0 Å². The van der Waals surface area contributed by atoms with E-state index < -0.39 is 74.0 Å². The minimum atomic E-state index is -1.76. The first-order chi connectivity index (χ1) is 12.2. The number of aliphatic hydroxyl groups excluding tert-OH is 8. The molecule has 10 atom stereocenters. The van der Waals surface area contributed by atoms with Crippen LogP contribution in [0.5, 0.6) is 0 Å². The first-order valence-corrected chi connectivity index (χ1v) is 7.90. The zero-order chi connectivity index (χ0) is 19.6. The van der Waals surface area contributed by atoms with Crippen LogP contribution in [0, 0.1) is 0 Å². The third kappa shape index (κ3) is 4.40. The fraction of sp³-hybridized carbons (Fsp3) is 0.923. The molecule has 0 aromatic rings. The van der Waals surface area contributed by atoms with Gasteiger partial charge < -0.3 is 61.0 Å². The van der Waals surface area contributed by atoms with Gasteiger partial charge in [0.15, 0.2) is 12.5 Å². The summed E-state index contributed by atoms with van der Waals surface area (Å²) in [6.45, 7) is -1.05. The van der Waals surface area contributed by atoms with E-state index in [4.69, 9.17) is 14.6 Å². The Balaban J connectivity index is 1.86. The molecule has 0 spiro atoms. The van der Waals surface area contributed by atoms with Crippen LogP contribution in [-0.2, 0) is 9.47 Å². The molecule has 2 saturated heterocycles. The predicted octanol–water partition coefficient (Wildman–Crippen LogP) is -6.11. The number of ether oxygens (including phenoxy) is 2. The average Bonchev–Trinajstić information content (AvgIpc) is 2.62. The minimum absolute atomic E-state index is 0.384. The SMILES string of the molecule is O=C(NC[C@H]1OC(O)[C@H](O)[C@@H](O)[C@@H]1O)N[C@@H]1O[C@H](CO)[C@@H](O)[C@H](O)[C@H]1O. The maximum Gasteiger partial charge on any atom is 0.316 e. The lowest BCUT2D eigenvalue weighted by molar-refractivity contribution is -0.279.